The Morgan fingerprint density at radius 3 is 2.50 bits per heavy atom. The molecule has 0 aliphatic carbocycles. The van der Waals surface area contributed by atoms with E-state index in [4.69, 9.17) is 20.8 Å². The highest BCUT2D eigenvalue weighted by Crippen LogP contribution is 2.29. The van der Waals surface area contributed by atoms with Gasteiger partial charge in [0.15, 0.2) is 6.61 Å². The van der Waals surface area contributed by atoms with Gasteiger partial charge in [-0.15, -0.1) is 0 Å². The largest absolute Gasteiger partial charge is 0.450 e. The summed E-state index contributed by atoms with van der Waals surface area (Å²) < 4.78 is 10.5. The predicted octanol–water partition coefficient (Wildman–Crippen LogP) is 4.70. The highest BCUT2D eigenvalue weighted by Gasteiger charge is 2.16. The number of carbonyl (C=O) groups is 2. The highest BCUT2D eigenvalue weighted by molar-refractivity contribution is 6.33. The third-order valence-corrected chi connectivity index (χ3v) is 3.95. The van der Waals surface area contributed by atoms with Gasteiger partial charge < -0.3 is 14.5 Å². The average molecular weight is 370 g/mol. The summed E-state index contributed by atoms with van der Waals surface area (Å²) in [7, 11) is 0. The second-order valence-electron chi connectivity index (χ2n) is 5.63. The van der Waals surface area contributed by atoms with E-state index in [1.165, 1.54) is 6.07 Å². The summed E-state index contributed by atoms with van der Waals surface area (Å²) in [6.07, 6.45) is 0. The SMILES string of the molecule is Cc1ccc(NC(=O)COC(=O)c2ccc(-c3ccccc3Cl)o2)cc1. The Morgan fingerprint density at radius 1 is 1.04 bits per heavy atom. The zero-order chi connectivity index (χ0) is 18.5. The molecule has 1 aromatic heterocycles. The van der Waals surface area contributed by atoms with Crippen molar-refractivity contribution in [1.82, 2.24) is 0 Å². The molecule has 2 aromatic carbocycles. The minimum atomic E-state index is -0.720. The molecule has 5 nitrogen and oxygen atoms in total. The number of aryl methyl sites for hydroxylation is 1. The van der Waals surface area contributed by atoms with E-state index in [2.05, 4.69) is 5.32 Å². The van der Waals surface area contributed by atoms with Gasteiger partial charge in [-0.1, -0.05) is 41.4 Å². The molecule has 132 valence electrons. The van der Waals surface area contributed by atoms with E-state index in [0.29, 0.717) is 22.0 Å². The molecule has 0 bridgehead atoms. The van der Waals surface area contributed by atoms with Crippen LogP contribution in [0.2, 0.25) is 5.02 Å². The number of esters is 1. The van der Waals surface area contributed by atoms with Gasteiger partial charge in [0.25, 0.3) is 5.91 Å². The van der Waals surface area contributed by atoms with E-state index in [-0.39, 0.29) is 5.76 Å². The molecule has 3 rings (SSSR count). The van der Waals surface area contributed by atoms with E-state index in [1.54, 1.807) is 36.4 Å². The van der Waals surface area contributed by atoms with Crippen LogP contribution >= 0.6 is 11.6 Å². The molecule has 26 heavy (non-hydrogen) atoms. The monoisotopic (exact) mass is 369 g/mol. The molecule has 1 N–H and O–H groups in total. The van der Waals surface area contributed by atoms with Gasteiger partial charge in [0.1, 0.15) is 5.76 Å². The first-order chi connectivity index (χ1) is 12.5. The summed E-state index contributed by atoms with van der Waals surface area (Å²) in [5.41, 5.74) is 2.39. The molecular weight excluding hydrogens is 354 g/mol. The smallest absolute Gasteiger partial charge is 0.374 e. The van der Waals surface area contributed by atoms with Gasteiger partial charge in [0.2, 0.25) is 5.76 Å². The van der Waals surface area contributed by atoms with Crippen molar-refractivity contribution in [1.29, 1.82) is 0 Å². The van der Waals surface area contributed by atoms with Crippen molar-refractivity contribution in [2.45, 2.75) is 6.92 Å². The summed E-state index contributed by atoms with van der Waals surface area (Å²) in [4.78, 5) is 23.9. The number of hydrogen-bond donors (Lipinski definition) is 1. The van der Waals surface area contributed by atoms with Crippen LogP contribution in [-0.2, 0) is 9.53 Å². The van der Waals surface area contributed by atoms with Crippen molar-refractivity contribution < 1.29 is 18.7 Å². The fourth-order valence-electron chi connectivity index (χ4n) is 2.29. The minimum Gasteiger partial charge on any atom is -0.450 e. The summed E-state index contributed by atoms with van der Waals surface area (Å²) in [5.74, 6) is -0.697. The van der Waals surface area contributed by atoms with Crippen molar-refractivity contribution in [3.05, 3.63) is 77.0 Å². The van der Waals surface area contributed by atoms with E-state index < -0.39 is 18.5 Å². The number of anilines is 1. The molecule has 0 radical (unpaired) electrons. The van der Waals surface area contributed by atoms with E-state index >= 15 is 0 Å². The molecule has 0 aliphatic heterocycles. The van der Waals surface area contributed by atoms with Crippen molar-refractivity contribution in [3.8, 4) is 11.3 Å². The standard InChI is InChI=1S/C20H16ClNO4/c1-13-6-8-14(9-7-13)22-19(23)12-25-20(24)18-11-10-17(26-18)15-4-2-3-5-16(15)21/h2-11H,12H2,1H3,(H,22,23). The van der Waals surface area contributed by atoms with Crippen molar-refractivity contribution in [2.24, 2.45) is 0 Å². The van der Waals surface area contributed by atoms with Crippen LogP contribution in [-0.4, -0.2) is 18.5 Å². The zero-order valence-electron chi connectivity index (χ0n) is 14.0. The highest BCUT2D eigenvalue weighted by atomic mass is 35.5. The van der Waals surface area contributed by atoms with E-state index in [0.717, 1.165) is 5.56 Å². The van der Waals surface area contributed by atoms with Gasteiger partial charge in [0.05, 0.1) is 5.02 Å². The minimum absolute atomic E-state index is 0.00283. The average Bonchev–Trinajstić information content (AvgIpc) is 3.12. The zero-order valence-corrected chi connectivity index (χ0v) is 14.7. The maximum Gasteiger partial charge on any atom is 0.374 e. The number of nitrogens with one attached hydrogen (secondary N) is 1. The molecule has 3 aromatic rings. The lowest BCUT2D eigenvalue weighted by atomic mass is 10.2. The molecule has 0 fully saturated rings. The first-order valence-corrected chi connectivity index (χ1v) is 8.29. The number of rotatable bonds is 5. The van der Waals surface area contributed by atoms with Crippen LogP contribution in [0.5, 0.6) is 0 Å². The van der Waals surface area contributed by atoms with Crippen LogP contribution in [0.1, 0.15) is 16.1 Å². The lowest BCUT2D eigenvalue weighted by Crippen LogP contribution is -2.20. The number of hydrogen-bond acceptors (Lipinski definition) is 4. The van der Waals surface area contributed by atoms with Crippen LogP contribution in [0.3, 0.4) is 0 Å². The number of amides is 1. The summed E-state index contributed by atoms with van der Waals surface area (Å²) in [5, 5.41) is 3.16. The first kappa shape index (κ1) is 17.8. The lowest BCUT2D eigenvalue weighted by molar-refractivity contribution is -0.119. The van der Waals surface area contributed by atoms with E-state index in [1.807, 2.05) is 25.1 Å². The fourth-order valence-corrected chi connectivity index (χ4v) is 2.52. The number of furan rings is 1. The molecule has 1 heterocycles. The Bertz CT molecular complexity index is 931. The summed E-state index contributed by atoms with van der Waals surface area (Å²) in [6.45, 7) is 1.54. The fraction of sp³-hybridized carbons (Fsp3) is 0.100. The van der Waals surface area contributed by atoms with Gasteiger partial charge >= 0.3 is 5.97 Å². The number of ether oxygens (including phenoxy) is 1. The quantitative estimate of drug-likeness (QED) is 0.661. The predicted molar refractivity (Wildman–Crippen MR) is 99.2 cm³/mol. The Kier molecular flexibility index (Phi) is 5.39. The topological polar surface area (TPSA) is 68.5 Å². The van der Waals surface area contributed by atoms with Gasteiger partial charge in [0, 0.05) is 11.3 Å². The van der Waals surface area contributed by atoms with Crippen LogP contribution in [0, 0.1) is 6.92 Å². The number of benzene rings is 2. The van der Waals surface area contributed by atoms with Crippen molar-refractivity contribution >= 4 is 29.2 Å². The van der Waals surface area contributed by atoms with Gasteiger partial charge in [-0.05, 0) is 43.3 Å². The molecule has 0 saturated heterocycles. The molecule has 6 heteroatoms. The summed E-state index contributed by atoms with van der Waals surface area (Å²) >= 11 is 6.11. The number of halogens is 1. The second-order valence-corrected chi connectivity index (χ2v) is 6.04. The molecule has 0 unspecified atom stereocenters. The Morgan fingerprint density at radius 2 is 1.77 bits per heavy atom. The van der Waals surface area contributed by atoms with Crippen LogP contribution in [0.25, 0.3) is 11.3 Å². The third-order valence-electron chi connectivity index (χ3n) is 3.62. The Hall–Kier alpha value is -3.05. The van der Waals surface area contributed by atoms with Crippen LogP contribution in [0.4, 0.5) is 5.69 Å². The Balaban J connectivity index is 1.58. The van der Waals surface area contributed by atoms with Gasteiger partial charge in [-0.2, -0.15) is 0 Å². The normalized spacial score (nSPS) is 10.4. The number of carbonyl (C=O) groups excluding carboxylic acids is 2. The Labute approximate surface area is 155 Å². The van der Waals surface area contributed by atoms with E-state index in [9.17, 15) is 9.59 Å². The van der Waals surface area contributed by atoms with Crippen molar-refractivity contribution in [3.63, 3.8) is 0 Å². The maximum atomic E-state index is 12.0. The maximum absolute atomic E-state index is 12.0. The molecule has 0 aliphatic rings. The lowest BCUT2D eigenvalue weighted by Gasteiger charge is -2.06. The molecule has 0 spiro atoms. The molecule has 1 amide bonds. The molecular formula is C20H16ClNO4. The second kappa shape index (κ2) is 7.89. The molecule has 0 atom stereocenters. The summed E-state index contributed by atoms with van der Waals surface area (Å²) in [6, 6.07) is 17.5. The van der Waals surface area contributed by atoms with Gasteiger partial charge in [-0.3, -0.25) is 4.79 Å². The van der Waals surface area contributed by atoms with Crippen molar-refractivity contribution in [2.75, 3.05) is 11.9 Å². The molecule has 0 saturated carbocycles. The van der Waals surface area contributed by atoms with Crippen LogP contribution < -0.4 is 5.32 Å². The van der Waals surface area contributed by atoms with Gasteiger partial charge in [-0.25, -0.2) is 4.79 Å². The third kappa shape index (κ3) is 4.32. The first-order valence-electron chi connectivity index (χ1n) is 7.91. The van der Waals surface area contributed by atoms with Crippen LogP contribution in [0.15, 0.2) is 65.1 Å².